The minimum atomic E-state index is -0.0739. The van der Waals surface area contributed by atoms with Crippen LogP contribution in [0, 0.1) is 0 Å². The summed E-state index contributed by atoms with van der Waals surface area (Å²) in [6.45, 7) is 2.45. The normalized spacial score (nSPS) is 16.7. The maximum atomic E-state index is 12.7. The van der Waals surface area contributed by atoms with Crippen LogP contribution in [0.3, 0.4) is 0 Å². The Morgan fingerprint density at radius 3 is 2.67 bits per heavy atom. The minimum Gasteiger partial charge on any atom is -0.486 e. The van der Waals surface area contributed by atoms with Gasteiger partial charge < -0.3 is 19.4 Å². The van der Waals surface area contributed by atoms with Crippen molar-refractivity contribution in [3.8, 4) is 11.5 Å². The van der Waals surface area contributed by atoms with Crippen LogP contribution in [0.1, 0.15) is 18.9 Å². The number of likely N-dealkylation sites (tertiary alicyclic amines) is 1. The van der Waals surface area contributed by atoms with Crippen LogP contribution in [0.4, 0.5) is 0 Å². The molecule has 1 N–H and O–H groups in total. The van der Waals surface area contributed by atoms with Crippen LogP contribution in [0.5, 0.6) is 11.5 Å². The molecule has 8 heteroatoms. The van der Waals surface area contributed by atoms with Gasteiger partial charge in [-0.15, -0.1) is 11.8 Å². The number of imidazole rings is 1. The average Bonchev–Trinajstić information content (AvgIpc) is 3.13. The number of aromatic amines is 1. The SMILES string of the molecule is O=C(CSc1ccc2c(c1)OCCO2)N1CCC(n2c(=O)[nH]c3ccccc32)CC1. The summed E-state index contributed by atoms with van der Waals surface area (Å²) in [6.07, 6.45) is 1.56. The Labute approximate surface area is 178 Å². The molecular formula is C22H23N3O4S. The number of benzene rings is 2. The average molecular weight is 426 g/mol. The van der Waals surface area contributed by atoms with Gasteiger partial charge in [0.2, 0.25) is 5.91 Å². The van der Waals surface area contributed by atoms with Crippen LogP contribution in [-0.4, -0.2) is 52.4 Å². The Morgan fingerprint density at radius 1 is 1.07 bits per heavy atom. The molecule has 0 radical (unpaired) electrons. The zero-order valence-electron chi connectivity index (χ0n) is 16.5. The summed E-state index contributed by atoms with van der Waals surface area (Å²) >= 11 is 1.51. The molecule has 1 amide bonds. The lowest BCUT2D eigenvalue weighted by Gasteiger charge is -2.32. The molecule has 7 nitrogen and oxygen atoms in total. The monoisotopic (exact) mass is 425 g/mol. The fourth-order valence-corrected chi connectivity index (χ4v) is 4.99. The molecule has 2 aliphatic heterocycles. The molecule has 0 spiro atoms. The first-order valence-electron chi connectivity index (χ1n) is 10.2. The van der Waals surface area contributed by atoms with Crippen molar-refractivity contribution in [2.24, 2.45) is 0 Å². The van der Waals surface area contributed by atoms with Crippen molar-refractivity contribution in [1.29, 1.82) is 0 Å². The van der Waals surface area contributed by atoms with Crippen LogP contribution in [0.2, 0.25) is 0 Å². The zero-order chi connectivity index (χ0) is 20.5. The van der Waals surface area contributed by atoms with E-state index in [2.05, 4.69) is 4.98 Å². The van der Waals surface area contributed by atoms with Crippen molar-refractivity contribution < 1.29 is 14.3 Å². The molecule has 0 atom stereocenters. The van der Waals surface area contributed by atoms with Crippen molar-refractivity contribution >= 4 is 28.7 Å². The number of thioether (sulfide) groups is 1. The van der Waals surface area contributed by atoms with Gasteiger partial charge in [-0.05, 0) is 43.2 Å². The predicted octanol–water partition coefficient (Wildman–Crippen LogP) is 3.06. The summed E-state index contributed by atoms with van der Waals surface area (Å²) in [5, 5.41) is 0. The number of piperidine rings is 1. The number of para-hydroxylation sites is 2. The van der Waals surface area contributed by atoms with Crippen LogP contribution in [0.15, 0.2) is 52.2 Å². The molecule has 2 aromatic carbocycles. The molecule has 0 saturated carbocycles. The summed E-state index contributed by atoms with van der Waals surface area (Å²) in [5.74, 6) is 2.01. The molecule has 5 rings (SSSR count). The quantitative estimate of drug-likeness (QED) is 0.650. The maximum Gasteiger partial charge on any atom is 0.326 e. The van der Waals surface area contributed by atoms with Crippen molar-refractivity contribution in [1.82, 2.24) is 14.5 Å². The van der Waals surface area contributed by atoms with E-state index in [-0.39, 0.29) is 17.6 Å². The first-order valence-corrected chi connectivity index (χ1v) is 11.2. The summed E-state index contributed by atoms with van der Waals surface area (Å²) in [4.78, 5) is 30.9. The van der Waals surface area contributed by atoms with Crippen LogP contribution in [0.25, 0.3) is 11.0 Å². The topological polar surface area (TPSA) is 76.6 Å². The third-order valence-electron chi connectivity index (χ3n) is 5.68. The number of fused-ring (bicyclic) bond motifs is 2. The van der Waals surface area contributed by atoms with E-state index < -0.39 is 0 Å². The van der Waals surface area contributed by atoms with E-state index in [4.69, 9.17) is 9.47 Å². The number of H-pyrrole nitrogens is 1. The van der Waals surface area contributed by atoms with Gasteiger partial charge in [-0.2, -0.15) is 0 Å². The Balaban J connectivity index is 1.19. The zero-order valence-corrected chi connectivity index (χ0v) is 17.3. The number of carbonyl (C=O) groups is 1. The summed E-state index contributed by atoms with van der Waals surface area (Å²) in [5.41, 5.74) is 1.72. The molecule has 1 fully saturated rings. The largest absolute Gasteiger partial charge is 0.486 e. The van der Waals surface area contributed by atoms with Crippen molar-refractivity contribution in [3.05, 3.63) is 52.9 Å². The first-order chi connectivity index (χ1) is 14.7. The van der Waals surface area contributed by atoms with Gasteiger partial charge in [0.1, 0.15) is 13.2 Å². The van der Waals surface area contributed by atoms with E-state index in [0.29, 0.717) is 32.1 Å². The smallest absolute Gasteiger partial charge is 0.326 e. The highest BCUT2D eigenvalue weighted by molar-refractivity contribution is 8.00. The molecule has 0 bridgehead atoms. The van der Waals surface area contributed by atoms with Gasteiger partial charge in [-0.1, -0.05) is 12.1 Å². The van der Waals surface area contributed by atoms with Crippen molar-refractivity contribution in [2.45, 2.75) is 23.8 Å². The van der Waals surface area contributed by atoms with Gasteiger partial charge in [0, 0.05) is 24.0 Å². The number of hydrogen-bond donors (Lipinski definition) is 1. The van der Waals surface area contributed by atoms with Gasteiger partial charge in [0.05, 0.1) is 16.8 Å². The Bertz CT molecular complexity index is 1130. The lowest BCUT2D eigenvalue weighted by atomic mass is 10.0. The molecule has 0 aliphatic carbocycles. The summed E-state index contributed by atoms with van der Waals surface area (Å²) in [7, 11) is 0. The molecule has 30 heavy (non-hydrogen) atoms. The fraction of sp³-hybridized carbons (Fsp3) is 0.364. The third kappa shape index (κ3) is 3.67. The van der Waals surface area contributed by atoms with E-state index in [1.54, 1.807) is 0 Å². The van der Waals surface area contributed by atoms with Gasteiger partial charge >= 0.3 is 5.69 Å². The number of rotatable bonds is 4. The Kier molecular flexibility index (Phi) is 5.16. The number of aromatic nitrogens is 2. The first kappa shape index (κ1) is 19.1. The summed E-state index contributed by atoms with van der Waals surface area (Å²) < 4.78 is 13.0. The number of hydrogen-bond acceptors (Lipinski definition) is 5. The molecular weight excluding hydrogens is 402 g/mol. The minimum absolute atomic E-state index is 0.0739. The lowest BCUT2D eigenvalue weighted by Crippen LogP contribution is -2.41. The van der Waals surface area contributed by atoms with Crippen molar-refractivity contribution in [2.75, 3.05) is 32.1 Å². The van der Waals surface area contributed by atoms with E-state index in [1.807, 2.05) is 51.9 Å². The van der Waals surface area contributed by atoms with Gasteiger partial charge in [0.15, 0.2) is 11.5 Å². The van der Waals surface area contributed by atoms with Crippen LogP contribution < -0.4 is 15.2 Å². The second-order valence-electron chi connectivity index (χ2n) is 7.52. The number of carbonyl (C=O) groups excluding carboxylic acids is 1. The van der Waals surface area contributed by atoms with Crippen LogP contribution >= 0.6 is 11.8 Å². The fourth-order valence-electron chi connectivity index (χ4n) is 4.16. The van der Waals surface area contributed by atoms with Gasteiger partial charge in [-0.25, -0.2) is 4.79 Å². The Hall–Kier alpha value is -2.87. The second kappa shape index (κ2) is 8.10. The highest BCUT2D eigenvalue weighted by Gasteiger charge is 2.26. The number of nitrogens with zero attached hydrogens (tertiary/aromatic N) is 2. The number of amides is 1. The molecule has 0 unspecified atom stereocenters. The summed E-state index contributed by atoms with van der Waals surface area (Å²) in [6, 6.07) is 13.6. The lowest BCUT2D eigenvalue weighted by molar-refractivity contribution is -0.129. The van der Waals surface area contributed by atoms with E-state index in [9.17, 15) is 9.59 Å². The highest BCUT2D eigenvalue weighted by Crippen LogP contribution is 2.34. The Morgan fingerprint density at radius 2 is 1.83 bits per heavy atom. The van der Waals surface area contributed by atoms with Crippen molar-refractivity contribution in [3.63, 3.8) is 0 Å². The standard InChI is InChI=1S/C22H23N3O4S/c26-21(14-30-16-5-6-19-20(13-16)29-12-11-28-19)24-9-7-15(8-10-24)25-18-4-2-1-3-17(18)23-22(25)27/h1-6,13,15H,7-12,14H2,(H,23,27). The third-order valence-corrected chi connectivity index (χ3v) is 6.66. The molecule has 1 saturated heterocycles. The van der Waals surface area contributed by atoms with Gasteiger partial charge in [0.25, 0.3) is 0 Å². The van der Waals surface area contributed by atoms with E-state index in [1.165, 1.54) is 11.8 Å². The van der Waals surface area contributed by atoms with Gasteiger partial charge in [-0.3, -0.25) is 9.36 Å². The van der Waals surface area contributed by atoms with E-state index >= 15 is 0 Å². The predicted molar refractivity (Wildman–Crippen MR) is 116 cm³/mol. The molecule has 156 valence electrons. The molecule has 3 aromatic rings. The number of nitrogens with one attached hydrogen (secondary N) is 1. The molecule has 2 aliphatic rings. The van der Waals surface area contributed by atoms with Crippen LogP contribution in [-0.2, 0) is 4.79 Å². The van der Waals surface area contributed by atoms with E-state index in [0.717, 1.165) is 40.3 Å². The second-order valence-corrected chi connectivity index (χ2v) is 8.57. The molecule has 1 aromatic heterocycles. The highest BCUT2D eigenvalue weighted by atomic mass is 32.2. The molecule has 3 heterocycles. The maximum absolute atomic E-state index is 12.7. The number of ether oxygens (including phenoxy) is 2.